The van der Waals surface area contributed by atoms with Crippen LogP contribution >= 0.6 is 0 Å². The van der Waals surface area contributed by atoms with Gasteiger partial charge in [0.2, 0.25) is 0 Å². The van der Waals surface area contributed by atoms with Crippen molar-refractivity contribution in [2.24, 2.45) is 0 Å². The van der Waals surface area contributed by atoms with Crippen LogP contribution < -0.4 is 0 Å². The van der Waals surface area contributed by atoms with Crippen LogP contribution in [-0.4, -0.2) is 21.9 Å². The summed E-state index contributed by atoms with van der Waals surface area (Å²) >= 11 is 0. The molecule has 2 heteroatoms. The summed E-state index contributed by atoms with van der Waals surface area (Å²) in [6, 6.07) is 0. The van der Waals surface area contributed by atoms with E-state index in [1.807, 2.05) is 6.92 Å². The molecule has 0 amide bonds. The van der Waals surface area contributed by atoms with E-state index in [0.29, 0.717) is 6.42 Å². The van der Waals surface area contributed by atoms with Crippen LogP contribution in [0.2, 0.25) is 0 Å². The van der Waals surface area contributed by atoms with E-state index in [4.69, 9.17) is 0 Å². The zero-order valence-electron chi connectivity index (χ0n) is 5.80. The summed E-state index contributed by atoms with van der Waals surface area (Å²) in [6.45, 7) is 1.91. The quantitative estimate of drug-likeness (QED) is 0.547. The molecule has 0 radical (unpaired) electrons. The van der Waals surface area contributed by atoms with Crippen molar-refractivity contribution in [3.8, 4) is 0 Å². The maximum absolute atomic E-state index is 9.52. The fraction of sp³-hybridized carbons (Fsp3) is 1.00. The fourth-order valence-corrected chi connectivity index (χ4v) is 1.45. The van der Waals surface area contributed by atoms with Gasteiger partial charge in [-0.3, -0.25) is 0 Å². The molecule has 0 aromatic heterocycles. The Balaban J connectivity index is 2.56. The maximum atomic E-state index is 9.52. The average Bonchev–Trinajstić information content (AvgIpc) is 2.15. The first-order valence-corrected chi connectivity index (χ1v) is 3.59. The van der Waals surface area contributed by atoms with E-state index in [-0.39, 0.29) is 0 Å². The average molecular weight is 130 g/mol. The van der Waals surface area contributed by atoms with Crippen molar-refractivity contribution in [1.82, 2.24) is 0 Å². The third kappa shape index (κ3) is 1.10. The van der Waals surface area contributed by atoms with Gasteiger partial charge in [-0.05, 0) is 25.7 Å². The Morgan fingerprint density at radius 3 is 2.56 bits per heavy atom. The Morgan fingerprint density at radius 1 is 1.67 bits per heavy atom. The second-order valence-corrected chi connectivity index (χ2v) is 2.87. The molecule has 0 heterocycles. The van der Waals surface area contributed by atoms with Gasteiger partial charge in [-0.2, -0.15) is 0 Å². The van der Waals surface area contributed by atoms with Crippen LogP contribution in [0.15, 0.2) is 0 Å². The molecule has 1 fully saturated rings. The highest BCUT2D eigenvalue weighted by Crippen LogP contribution is 2.32. The van der Waals surface area contributed by atoms with Gasteiger partial charge in [0, 0.05) is 0 Å². The van der Waals surface area contributed by atoms with Crippen molar-refractivity contribution in [3.05, 3.63) is 0 Å². The van der Waals surface area contributed by atoms with Crippen LogP contribution in [0.4, 0.5) is 0 Å². The molecule has 54 valence electrons. The smallest absolute Gasteiger partial charge is 0.0902 e. The minimum absolute atomic E-state index is 0.470. The van der Waals surface area contributed by atoms with E-state index in [2.05, 4.69) is 0 Å². The van der Waals surface area contributed by atoms with Gasteiger partial charge < -0.3 is 10.2 Å². The SMILES string of the molecule is CC[C@@]1(O)CCCC1O. The van der Waals surface area contributed by atoms with Gasteiger partial charge in [0.1, 0.15) is 0 Å². The fourth-order valence-electron chi connectivity index (χ4n) is 1.45. The van der Waals surface area contributed by atoms with Gasteiger partial charge >= 0.3 is 0 Å². The Kier molecular flexibility index (Phi) is 1.78. The van der Waals surface area contributed by atoms with E-state index < -0.39 is 11.7 Å². The number of hydrogen-bond donors (Lipinski definition) is 2. The van der Waals surface area contributed by atoms with Gasteiger partial charge in [0.25, 0.3) is 0 Å². The Morgan fingerprint density at radius 2 is 2.33 bits per heavy atom. The van der Waals surface area contributed by atoms with Crippen LogP contribution in [0, 0.1) is 0 Å². The summed E-state index contributed by atoms with van der Waals surface area (Å²) in [6.07, 6.45) is 2.71. The molecule has 1 aliphatic rings. The highest BCUT2D eigenvalue weighted by atomic mass is 16.3. The molecule has 0 aliphatic heterocycles. The van der Waals surface area contributed by atoms with E-state index >= 15 is 0 Å². The van der Waals surface area contributed by atoms with Crippen molar-refractivity contribution < 1.29 is 10.2 Å². The molecule has 0 spiro atoms. The Bertz CT molecular complexity index is 103. The summed E-state index contributed by atoms with van der Waals surface area (Å²) in [7, 11) is 0. The molecule has 0 bridgehead atoms. The third-order valence-corrected chi connectivity index (χ3v) is 2.32. The highest BCUT2D eigenvalue weighted by molar-refractivity contribution is 4.90. The van der Waals surface area contributed by atoms with Crippen molar-refractivity contribution in [2.45, 2.75) is 44.3 Å². The molecule has 1 aliphatic carbocycles. The summed E-state index contributed by atoms with van der Waals surface area (Å²) in [4.78, 5) is 0. The molecule has 1 unspecified atom stereocenters. The molecule has 2 N–H and O–H groups in total. The first-order chi connectivity index (χ1) is 4.19. The first-order valence-electron chi connectivity index (χ1n) is 3.59. The highest BCUT2D eigenvalue weighted by Gasteiger charge is 2.37. The van der Waals surface area contributed by atoms with Crippen molar-refractivity contribution >= 4 is 0 Å². The zero-order valence-corrected chi connectivity index (χ0v) is 5.80. The van der Waals surface area contributed by atoms with Crippen molar-refractivity contribution in [2.75, 3.05) is 0 Å². The summed E-state index contributed by atoms with van der Waals surface area (Å²) in [5, 5.41) is 18.7. The summed E-state index contributed by atoms with van der Waals surface area (Å²) in [5.74, 6) is 0. The van der Waals surface area contributed by atoms with Gasteiger partial charge in [0.05, 0.1) is 11.7 Å². The monoisotopic (exact) mass is 130 g/mol. The second-order valence-electron chi connectivity index (χ2n) is 2.87. The molecule has 2 nitrogen and oxygen atoms in total. The minimum Gasteiger partial charge on any atom is -0.390 e. The van der Waals surface area contributed by atoms with Crippen molar-refractivity contribution in [3.63, 3.8) is 0 Å². The lowest BCUT2D eigenvalue weighted by Crippen LogP contribution is -2.36. The van der Waals surface area contributed by atoms with Gasteiger partial charge in [0.15, 0.2) is 0 Å². The molecule has 2 atom stereocenters. The molecule has 1 saturated carbocycles. The summed E-state index contributed by atoms with van der Waals surface area (Å²) < 4.78 is 0. The van der Waals surface area contributed by atoms with Crippen LogP contribution in [-0.2, 0) is 0 Å². The lowest BCUT2D eigenvalue weighted by atomic mass is 9.97. The topological polar surface area (TPSA) is 40.5 Å². The third-order valence-electron chi connectivity index (χ3n) is 2.32. The lowest BCUT2D eigenvalue weighted by molar-refractivity contribution is -0.0550. The zero-order chi connectivity index (χ0) is 6.91. The Hall–Kier alpha value is -0.0800. The molecule has 0 saturated heterocycles. The van der Waals surface area contributed by atoms with Crippen LogP contribution in [0.5, 0.6) is 0 Å². The lowest BCUT2D eigenvalue weighted by Gasteiger charge is -2.24. The maximum Gasteiger partial charge on any atom is 0.0902 e. The van der Waals surface area contributed by atoms with Crippen LogP contribution in [0.25, 0.3) is 0 Å². The van der Waals surface area contributed by atoms with Gasteiger partial charge in [-0.25, -0.2) is 0 Å². The standard InChI is InChI=1S/C7H14O2/c1-2-7(9)5-3-4-6(7)8/h6,8-9H,2-5H2,1H3/t6?,7-/m1/s1. The van der Waals surface area contributed by atoms with Crippen LogP contribution in [0.1, 0.15) is 32.6 Å². The molecular formula is C7H14O2. The van der Waals surface area contributed by atoms with E-state index in [9.17, 15) is 10.2 Å². The van der Waals surface area contributed by atoms with E-state index in [0.717, 1.165) is 19.3 Å². The predicted molar refractivity (Wildman–Crippen MR) is 35.1 cm³/mol. The largest absolute Gasteiger partial charge is 0.390 e. The first kappa shape index (κ1) is 7.03. The summed E-state index contributed by atoms with van der Waals surface area (Å²) in [5.41, 5.74) is -0.750. The van der Waals surface area contributed by atoms with E-state index in [1.54, 1.807) is 0 Å². The second kappa shape index (κ2) is 2.27. The number of rotatable bonds is 1. The number of hydrogen-bond acceptors (Lipinski definition) is 2. The van der Waals surface area contributed by atoms with Gasteiger partial charge in [-0.1, -0.05) is 6.92 Å². The molecule has 0 aromatic rings. The molecule has 0 aromatic carbocycles. The number of aliphatic hydroxyl groups excluding tert-OH is 1. The molecule has 9 heavy (non-hydrogen) atoms. The Labute approximate surface area is 55.5 Å². The number of aliphatic hydroxyl groups is 2. The van der Waals surface area contributed by atoms with E-state index in [1.165, 1.54) is 0 Å². The van der Waals surface area contributed by atoms with Crippen LogP contribution in [0.3, 0.4) is 0 Å². The predicted octanol–water partition coefficient (Wildman–Crippen LogP) is 0.672. The van der Waals surface area contributed by atoms with Gasteiger partial charge in [-0.15, -0.1) is 0 Å². The molecule has 1 rings (SSSR count). The van der Waals surface area contributed by atoms with Crippen molar-refractivity contribution in [1.29, 1.82) is 0 Å². The minimum atomic E-state index is -0.750. The molecular weight excluding hydrogens is 116 g/mol. The normalized spacial score (nSPS) is 43.7.